The Balaban J connectivity index is 0.000000162. The molecule has 0 aromatic carbocycles. The molecule has 7 saturated heterocycles. The molecule has 13 rings (SSSR count). The van der Waals surface area contributed by atoms with E-state index in [1.54, 1.807) is 41.5 Å². The minimum atomic E-state index is -0.628. The molecule has 7 aliphatic heterocycles. The van der Waals surface area contributed by atoms with E-state index in [1.807, 2.05) is 62.3 Å². The second-order valence-corrected chi connectivity index (χ2v) is 31.4. The molecule has 0 amide bonds. The molecule has 25 nitrogen and oxygen atoms in total. The van der Waals surface area contributed by atoms with Crippen molar-refractivity contribution in [3.63, 3.8) is 0 Å². The summed E-state index contributed by atoms with van der Waals surface area (Å²) in [5, 5.41) is 0. The fraction of sp³-hybridized carbons (Fsp3) is 0.775. The Morgan fingerprint density at radius 3 is 1.29 bits per heavy atom. The molecule has 7 heterocycles. The number of esters is 16. The molecule has 22 unspecified atom stereocenters. The maximum absolute atomic E-state index is 12.4. The molecular formula is C71H98O25. The first-order valence-electron chi connectivity index (χ1n) is 34.1. The third-order valence-corrected chi connectivity index (χ3v) is 24.6. The van der Waals surface area contributed by atoms with E-state index in [9.17, 15) is 76.7 Å². The summed E-state index contributed by atoms with van der Waals surface area (Å²) in [6.45, 7) is 36.0. The summed E-state index contributed by atoms with van der Waals surface area (Å²) in [5.41, 5.74) is -2.40. The van der Waals surface area contributed by atoms with E-state index < -0.39 is 75.3 Å². The Hall–Kier alpha value is -7.08. The zero-order valence-electron chi connectivity index (χ0n) is 58.9. The Bertz CT molecular complexity index is 3150. The molecular weight excluding hydrogens is 1250 g/mol. The van der Waals surface area contributed by atoms with Crippen LogP contribution in [0.15, 0.2) is 0 Å². The first-order chi connectivity index (χ1) is 44.4. The van der Waals surface area contributed by atoms with Crippen molar-refractivity contribution in [2.75, 3.05) is 0 Å². The van der Waals surface area contributed by atoms with Crippen LogP contribution < -0.4 is 0 Å². The summed E-state index contributed by atoms with van der Waals surface area (Å²) >= 11 is 0. The first kappa shape index (κ1) is 76.3. The second-order valence-electron chi connectivity index (χ2n) is 31.4. The lowest BCUT2D eigenvalue weighted by Crippen LogP contribution is -2.39. The Morgan fingerprint density at radius 2 is 0.927 bits per heavy atom. The highest BCUT2D eigenvalue weighted by Gasteiger charge is 2.72. The van der Waals surface area contributed by atoms with Crippen LogP contribution in [-0.4, -0.2) is 108 Å². The molecule has 0 aromatic rings. The average molecular weight is 1350 g/mol. The number of cyclic esters (lactones) is 14. The van der Waals surface area contributed by atoms with Gasteiger partial charge in [0.05, 0.1) is 93.7 Å². The smallest absolute Gasteiger partial charge is 0.320 e. The summed E-state index contributed by atoms with van der Waals surface area (Å²) in [5.74, 6) is -6.15. The molecule has 22 atom stereocenters. The average Bonchev–Trinajstić information content (AvgIpc) is 1.54. The molecule has 13 fully saturated rings. The van der Waals surface area contributed by atoms with Crippen LogP contribution in [-0.2, 0) is 119 Å². The van der Waals surface area contributed by atoms with Crippen molar-refractivity contribution in [1.29, 1.82) is 0 Å². The van der Waals surface area contributed by atoms with Gasteiger partial charge in [0, 0.05) is 11.8 Å². The normalized spacial score (nSPS) is 37.9. The fourth-order valence-corrected chi connectivity index (χ4v) is 15.9. The van der Waals surface area contributed by atoms with Crippen LogP contribution >= 0.6 is 0 Å². The van der Waals surface area contributed by atoms with Crippen molar-refractivity contribution in [2.45, 2.75) is 208 Å². The lowest BCUT2D eigenvalue weighted by Gasteiger charge is -2.32. The molecule has 532 valence electrons. The van der Waals surface area contributed by atoms with Crippen LogP contribution in [0.5, 0.6) is 0 Å². The van der Waals surface area contributed by atoms with Crippen molar-refractivity contribution in [1.82, 2.24) is 0 Å². The van der Waals surface area contributed by atoms with Crippen LogP contribution in [0, 0.1) is 140 Å². The van der Waals surface area contributed by atoms with E-state index in [4.69, 9.17) is 23.7 Å². The van der Waals surface area contributed by atoms with E-state index in [-0.39, 0.29) is 161 Å². The highest BCUT2D eigenvalue weighted by Crippen LogP contribution is 2.66. The summed E-state index contributed by atoms with van der Waals surface area (Å²) in [6, 6.07) is 0. The topological polar surface area (TPSA) is 356 Å². The third kappa shape index (κ3) is 14.4. The minimum absolute atomic E-state index is 0.0412. The Labute approximate surface area is 560 Å². The Morgan fingerprint density at radius 1 is 0.479 bits per heavy atom. The van der Waals surface area contributed by atoms with Crippen molar-refractivity contribution >= 4 is 95.5 Å². The molecule has 13 aliphatic rings. The van der Waals surface area contributed by atoms with Crippen LogP contribution in [0.1, 0.15) is 196 Å². The summed E-state index contributed by atoms with van der Waals surface area (Å²) in [7, 11) is 0. The maximum atomic E-state index is 12.4. The largest absolute Gasteiger partial charge is 0.462 e. The molecule has 0 spiro atoms. The number of hydrogen-bond donors (Lipinski definition) is 0. The van der Waals surface area contributed by atoms with Gasteiger partial charge in [-0.25, -0.2) is 0 Å². The highest BCUT2D eigenvalue weighted by atomic mass is 16.6. The van der Waals surface area contributed by atoms with Gasteiger partial charge in [-0.3, -0.25) is 76.7 Å². The second kappa shape index (κ2) is 28.4. The lowest BCUT2D eigenvalue weighted by molar-refractivity contribution is -0.166. The van der Waals surface area contributed by atoms with Crippen LogP contribution in [0.4, 0.5) is 0 Å². The SMILES string of the molecule is CC1C(=O)OC(=O)C1(C)C.CC1C(=O)OC(=O)C1C.CC1C(C)C2CC1C1C(=O)OC(=O)C21.CCC(C)(C)C(=O)OC1CC2C3C(=O)OC(=O)C3C1C2(C)C.CCC(C)(C)C(=O)OC1CC2CC1C1C(=O)OC(=O)C21.CCC(C)C1CC(=O)OC1=O.CCC1(C)CC(=O)OC1=O. The van der Waals surface area contributed by atoms with Gasteiger partial charge in [-0.05, 0) is 140 Å². The van der Waals surface area contributed by atoms with Gasteiger partial charge in [0.1, 0.15) is 12.2 Å². The van der Waals surface area contributed by atoms with E-state index >= 15 is 0 Å². The van der Waals surface area contributed by atoms with Gasteiger partial charge < -0.3 is 42.6 Å². The third-order valence-electron chi connectivity index (χ3n) is 24.6. The number of hydrogen-bond acceptors (Lipinski definition) is 25. The maximum Gasteiger partial charge on any atom is 0.320 e. The molecule has 6 saturated carbocycles. The molecule has 6 aliphatic carbocycles. The van der Waals surface area contributed by atoms with Crippen LogP contribution in [0.3, 0.4) is 0 Å². The number of ether oxygens (including phenoxy) is 9. The number of fused-ring (bicyclic) bond motifs is 15. The van der Waals surface area contributed by atoms with E-state index in [0.717, 1.165) is 19.3 Å². The van der Waals surface area contributed by atoms with E-state index in [1.165, 1.54) is 0 Å². The monoisotopic (exact) mass is 1350 g/mol. The quantitative estimate of drug-likeness (QED) is 0.119. The molecule has 6 bridgehead atoms. The van der Waals surface area contributed by atoms with Crippen LogP contribution in [0.25, 0.3) is 0 Å². The standard InChI is InChI=1S/C17H24O5.C15H20O5.C11H14O3.C8H12O3.2C7H10O3.C6H8O3/c1-6-16(2,3)15(20)21-9-7-8-10-11(12(9)17(8,4)5)14(19)22-13(10)18;1-4-15(2,3)14(18)19-9-6-7-5-8(9)11-10(7)12(16)20-13(11)17;1-4-5(2)7-3-6(4)8-9(7)11(13)14-10(8)12;1-3-5(2)6-4-7(9)11-8(6)10;1-4-5(8)10-6(9)7(4,2)3;1-3-7(2)4-5(8)10-6(7)9;1-3-4(2)6(8)9-5(3)7/h8-12H,6-7H2,1-5H3;7-11H,4-6H2,1-3H3;4-9H,3H2,1-2H3;5-6H,3-4H2,1-2H3;4H,1-3H3;3-4H2,1-2H3;3-4H,1-2H3. The van der Waals surface area contributed by atoms with Crippen molar-refractivity contribution in [3.8, 4) is 0 Å². The number of rotatable bonds is 9. The van der Waals surface area contributed by atoms with Gasteiger partial charge in [-0.1, -0.05) is 89.5 Å². The fourth-order valence-electron chi connectivity index (χ4n) is 15.9. The predicted octanol–water partition coefficient (Wildman–Crippen LogP) is 8.31. The van der Waals surface area contributed by atoms with Crippen LogP contribution in [0.2, 0.25) is 0 Å². The summed E-state index contributed by atoms with van der Waals surface area (Å²) in [6.07, 6.45) is 6.13. The van der Waals surface area contributed by atoms with E-state index in [2.05, 4.69) is 46.6 Å². The van der Waals surface area contributed by atoms with Gasteiger partial charge in [0.25, 0.3) is 0 Å². The Kier molecular flexibility index (Phi) is 22.6. The molecule has 25 heteroatoms. The number of carbonyl (C=O) groups excluding carboxylic acids is 16. The minimum Gasteiger partial charge on any atom is -0.462 e. The van der Waals surface area contributed by atoms with Gasteiger partial charge in [-0.15, -0.1) is 0 Å². The first-order valence-corrected chi connectivity index (χ1v) is 34.1. The van der Waals surface area contributed by atoms with Crippen molar-refractivity contribution in [2.24, 2.45) is 140 Å². The van der Waals surface area contributed by atoms with Crippen molar-refractivity contribution in [3.05, 3.63) is 0 Å². The molecule has 96 heavy (non-hydrogen) atoms. The van der Waals surface area contributed by atoms with Gasteiger partial charge in [-0.2, -0.15) is 0 Å². The molecule has 0 aromatic heterocycles. The number of carbonyl (C=O) groups is 16. The molecule has 0 N–H and O–H groups in total. The summed E-state index contributed by atoms with van der Waals surface area (Å²) < 4.78 is 43.2. The highest BCUT2D eigenvalue weighted by molar-refractivity contribution is 6.01. The zero-order valence-corrected chi connectivity index (χ0v) is 58.9. The van der Waals surface area contributed by atoms with Crippen molar-refractivity contribution < 1.29 is 119 Å². The summed E-state index contributed by atoms with van der Waals surface area (Å²) in [4.78, 5) is 181. The van der Waals surface area contributed by atoms with Gasteiger partial charge >= 0.3 is 95.5 Å². The lowest BCUT2D eigenvalue weighted by atomic mass is 9.70. The van der Waals surface area contributed by atoms with Gasteiger partial charge in [0.2, 0.25) is 0 Å². The predicted molar refractivity (Wildman–Crippen MR) is 330 cm³/mol. The molecule has 0 radical (unpaired) electrons. The van der Waals surface area contributed by atoms with E-state index in [0.29, 0.717) is 55.8 Å². The van der Waals surface area contributed by atoms with Gasteiger partial charge in [0.15, 0.2) is 0 Å². The zero-order chi connectivity index (χ0) is 72.3.